The minimum Gasteiger partial charge on any atom is -0.497 e. The highest BCUT2D eigenvalue weighted by Crippen LogP contribution is 2.16. The predicted octanol–water partition coefficient (Wildman–Crippen LogP) is 2.76. The number of benzene rings is 1. The molecule has 0 saturated carbocycles. The zero-order chi connectivity index (χ0) is 14.2. The van der Waals surface area contributed by atoms with E-state index in [4.69, 9.17) is 13.9 Å². The molecule has 0 saturated heterocycles. The lowest BCUT2D eigenvalue weighted by atomic mass is 10.2. The van der Waals surface area contributed by atoms with Crippen molar-refractivity contribution < 1.29 is 13.9 Å². The molecule has 0 radical (unpaired) electrons. The van der Waals surface area contributed by atoms with Gasteiger partial charge in [-0.3, -0.25) is 0 Å². The Labute approximate surface area is 118 Å². The molecule has 0 spiro atoms. The van der Waals surface area contributed by atoms with E-state index in [1.807, 2.05) is 24.3 Å². The maximum atomic E-state index is 5.52. The van der Waals surface area contributed by atoms with Gasteiger partial charge in [0.2, 0.25) is 0 Å². The highest BCUT2D eigenvalue weighted by molar-refractivity contribution is 5.28. The molecule has 0 fully saturated rings. The van der Waals surface area contributed by atoms with Crippen LogP contribution in [0.3, 0.4) is 0 Å². The molecular weight excluding hydrogens is 256 g/mol. The zero-order valence-corrected chi connectivity index (χ0v) is 11.9. The van der Waals surface area contributed by atoms with Gasteiger partial charge in [0.05, 0.1) is 12.8 Å². The van der Waals surface area contributed by atoms with Gasteiger partial charge in [0.25, 0.3) is 0 Å². The van der Waals surface area contributed by atoms with Crippen LogP contribution in [0.15, 0.2) is 34.9 Å². The lowest BCUT2D eigenvalue weighted by Gasteiger charge is -2.04. The summed E-state index contributed by atoms with van der Waals surface area (Å²) in [6, 6.07) is 7.71. The second-order valence-electron chi connectivity index (χ2n) is 4.42. The summed E-state index contributed by atoms with van der Waals surface area (Å²) in [4.78, 5) is 4.26. The summed E-state index contributed by atoms with van der Waals surface area (Å²) in [5, 5.41) is 3.26. The fourth-order valence-corrected chi connectivity index (χ4v) is 1.74. The average Bonchev–Trinajstić information content (AvgIpc) is 2.94. The highest BCUT2D eigenvalue weighted by Gasteiger charge is 2.05. The number of aromatic nitrogens is 1. The van der Waals surface area contributed by atoms with E-state index in [-0.39, 0.29) is 0 Å². The molecule has 1 aromatic carbocycles. The fraction of sp³-hybridized carbons (Fsp3) is 0.400. The molecule has 1 heterocycles. The van der Waals surface area contributed by atoms with Crippen molar-refractivity contribution in [3.05, 3.63) is 41.8 Å². The minimum absolute atomic E-state index is 0.293. The number of methoxy groups -OCH3 is 1. The Bertz CT molecular complexity index is 525. The Balaban J connectivity index is 1.84. The second-order valence-corrected chi connectivity index (χ2v) is 4.42. The zero-order valence-electron chi connectivity index (χ0n) is 11.9. The Morgan fingerprint density at radius 2 is 2.25 bits per heavy atom. The van der Waals surface area contributed by atoms with Gasteiger partial charge in [-0.2, -0.15) is 4.98 Å². The first kappa shape index (κ1) is 14.4. The summed E-state index contributed by atoms with van der Waals surface area (Å²) in [5.41, 5.74) is 1.85. The third-order valence-corrected chi connectivity index (χ3v) is 2.76. The molecule has 1 N–H and O–H groups in total. The molecule has 0 unspecified atom stereocenters. The number of hydrogen-bond acceptors (Lipinski definition) is 5. The van der Waals surface area contributed by atoms with E-state index < -0.39 is 0 Å². The number of rotatable bonds is 8. The smallest absolute Gasteiger partial charge is 0.394 e. The molecule has 2 aromatic rings. The van der Waals surface area contributed by atoms with Crippen LogP contribution in [0.1, 0.15) is 24.6 Å². The molecule has 0 bridgehead atoms. The first-order chi connectivity index (χ1) is 9.81. The predicted molar refractivity (Wildman–Crippen MR) is 75.8 cm³/mol. The molecule has 5 heteroatoms. The Morgan fingerprint density at radius 3 is 3.05 bits per heavy atom. The number of ether oxygens (including phenoxy) is 2. The van der Waals surface area contributed by atoms with Crippen LogP contribution < -0.4 is 14.8 Å². The molecule has 2 rings (SSSR count). The summed E-state index contributed by atoms with van der Waals surface area (Å²) in [6.07, 6.45) is 3.00. The van der Waals surface area contributed by atoms with Crippen LogP contribution in [-0.4, -0.2) is 18.6 Å². The van der Waals surface area contributed by atoms with Crippen LogP contribution in [0.2, 0.25) is 0 Å². The van der Waals surface area contributed by atoms with Gasteiger partial charge in [-0.05, 0) is 30.7 Å². The molecule has 0 amide bonds. The van der Waals surface area contributed by atoms with Crippen LogP contribution >= 0.6 is 0 Å². The van der Waals surface area contributed by atoms with Gasteiger partial charge in [0.1, 0.15) is 18.6 Å². The van der Waals surface area contributed by atoms with Crippen molar-refractivity contribution in [2.75, 3.05) is 13.7 Å². The molecule has 1 aromatic heterocycles. The van der Waals surface area contributed by atoms with Crippen molar-refractivity contribution in [2.24, 2.45) is 0 Å². The lowest BCUT2D eigenvalue weighted by Crippen LogP contribution is -2.13. The number of nitrogens with zero attached hydrogens (tertiary/aromatic N) is 1. The van der Waals surface area contributed by atoms with E-state index in [2.05, 4.69) is 17.2 Å². The van der Waals surface area contributed by atoms with E-state index in [1.54, 1.807) is 13.4 Å². The Morgan fingerprint density at radius 1 is 1.35 bits per heavy atom. The van der Waals surface area contributed by atoms with Gasteiger partial charge < -0.3 is 19.2 Å². The third-order valence-electron chi connectivity index (χ3n) is 2.76. The van der Waals surface area contributed by atoms with Crippen LogP contribution in [0.5, 0.6) is 11.8 Å². The lowest BCUT2D eigenvalue weighted by molar-refractivity contribution is 0.219. The number of nitrogens with one attached hydrogen (secondary N) is 1. The van der Waals surface area contributed by atoms with Gasteiger partial charge in [-0.15, -0.1) is 0 Å². The maximum Gasteiger partial charge on any atom is 0.394 e. The summed E-state index contributed by atoms with van der Waals surface area (Å²) in [6.45, 7) is 4.19. The summed E-state index contributed by atoms with van der Waals surface area (Å²) >= 11 is 0. The van der Waals surface area contributed by atoms with Crippen molar-refractivity contribution in [1.29, 1.82) is 0 Å². The first-order valence-electron chi connectivity index (χ1n) is 6.72. The number of hydrogen-bond donors (Lipinski definition) is 1. The van der Waals surface area contributed by atoms with E-state index >= 15 is 0 Å². The normalized spacial score (nSPS) is 10.5. The summed E-state index contributed by atoms with van der Waals surface area (Å²) in [7, 11) is 1.64. The molecule has 0 atom stereocenters. The molecule has 108 valence electrons. The molecule has 20 heavy (non-hydrogen) atoms. The second kappa shape index (κ2) is 7.55. The van der Waals surface area contributed by atoms with Crippen molar-refractivity contribution in [1.82, 2.24) is 10.3 Å². The SMILES string of the molecule is CCCNCc1coc(OCc2cccc(OC)c2)n1. The molecule has 5 nitrogen and oxygen atoms in total. The van der Waals surface area contributed by atoms with Crippen LogP contribution in [0, 0.1) is 0 Å². The third kappa shape index (κ3) is 4.28. The minimum atomic E-state index is 0.293. The molecule has 0 aliphatic carbocycles. The molecule has 0 aliphatic rings. The van der Waals surface area contributed by atoms with Crippen molar-refractivity contribution >= 4 is 0 Å². The highest BCUT2D eigenvalue weighted by atomic mass is 16.6. The number of oxazole rings is 1. The quantitative estimate of drug-likeness (QED) is 0.751. The van der Waals surface area contributed by atoms with Crippen molar-refractivity contribution in [3.8, 4) is 11.8 Å². The van der Waals surface area contributed by atoms with E-state index in [9.17, 15) is 0 Å². The van der Waals surface area contributed by atoms with Gasteiger partial charge in [-0.1, -0.05) is 19.1 Å². The Kier molecular flexibility index (Phi) is 5.43. The molecular formula is C15H20N2O3. The van der Waals surface area contributed by atoms with Gasteiger partial charge in [0, 0.05) is 6.54 Å². The van der Waals surface area contributed by atoms with E-state index in [0.29, 0.717) is 19.2 Å². The van der Waals surface area contributed by atoms with Gasteiger partial charge >= 0.3 is 6.08 Å². The maximum absolute atomic E-state index is 5.52. The topological polar surface area (TPSA) is 56.5 Å². The average molecular weight is 276 g/mol. The van der Waals surface area contributed by atoms with Crippen molar-refractivity contribution in [2.45, 2.75) is 26.5 Å². The largest absolute Gasteiger partial charge is 0.497 e. The van der Waals surface area contributed by atoms with Crippen LogP contribution in [0.25, 0.3) is 0 Å². The first-order valence-corrected chi connectivity index (χ1v) is 6.72. The molecule has 0 aliphatic heterocycles. The standard InChI is InChI=1S/C15H20N2O3/c1-3-7-16-9-13-11-20-15(17-13)19-10-12-5-4-6-14(8-12)18-2/h4-6,8,11,16H,3,7,9-10H2,1-2H3. The van der Waals surface area contributed by atoms with E-state index in [1.165, 1.54) is 0 Å². The Hall–Kier alpha value is -2.01. The summed E-state index contributed by atoms with van der Waals surface area (Å²) < 4.78 is 15.9. The van der Waals surface area contributed by atoms with Crippen LogP contribution in [-0.2, 0) is 13.2 Å². The monoisotopic (exact) mass is 276 g/mol. The van der Waals surface area contributed by atoms with Crippen molar-refractivity contribution in [3.63, 3.8) is 0 Å². The van der Waals surface area contributed by atoms with Gasteiger partial charge in [-0.25, -0.2) is 0 Å². The summed E-state index contributed by atoms with van der Waals surface area (Å²) in [5.74, 6) is 0.808. The van der Waals surface area contributed by atoms with Gasteiger partial charge in [0.15, 0.2) is 0 Å². The van der Waals surface area contributed by atoms with Crippen LogP contribution in [0.4, 0.5) is 0 Å². The van der Waals surface area contributed by atoms with E-state index in [0.717, 1.165) is 30.0 Å². The fourth-order valence-electron chi connectivity index (χ4n) is 1.74.